The van der Waals surface area contributed by atoms with E-state index in [1.54, 1.807) is 9.80 Å². The zero-order valence-electron chi connectivity index (χ0n) is 17.5. The monoisotopic (exact) mass is 405 g/mol. The lowest BCUT2D eigenvalue weighted by molar-refractivity contribution is 0.00295. The van der Waals surface area contributed by atoms with Crippen LogP contribution in [0.15, 0.2) is 17.2 Å². The summed E-state index contributed by atoms with van der Waals surface area (Å²) in [5, 5.41) is 0. The minimum Gasteiger partial charge on any atom is -0.441 e. The van der Waals surface area contributed by atoms with Gasteiger partial charge in [0.1, 0.15) is 11.3 Å². The van der Waals surface area contributed by atoms with Crippen molar-refractivity contribution >= 4 is 12.0 Å². The summed E-state index contributed by atoms with van der Waals surface area (Å²) in [6.45, 7) is 8.65. The molecule has 2 saturated heterocycles. The molecule has 0 bridgehead atoms. The van der Waals surface area contributed by atoms with E-state index in [4.69, 9.17) is 4.74 Å². The van der Waals surface area contributed by atoms with Gasteiger partial charge in [0.2, 0.25) is 0 Å². The number of ether oxygens (including phenoxy) is 1. The van der Waals surface area contributed by atoms with Crippen LogP contribution in [-0.4, -0.2) is 88.6 Å². The van der Waals surface area contributed by atoms with Gasteiger partial charge in [0.05, 0.1) is 12.7 Å². The van der Waals surface area contributed by atoms with Crippen molar-refractivity contribution in [3.8, 4) is 0 Å². The smallest absolute Gasteiger partial charge is 0.410 e. The Morgan fingerprint density at radius 2 is 2.07 bits per heavy atom. The van der Waals surface area contributed by atoms with Crippen molar-refractivity contribution < 1.29 is 14.3 Å². The van der Waals surface area contributed by atoms with Crippen LogP contribution in [0.2, 0.25) is 0 Å². The van der Waals surface area contributed by atoms with Crippen molar-refractivity contribution in [3.05, 3.63) is 28.4 Å². The normalized spacial score (nSPS) is 18.7. The first kappa shape index (κ1) is 21.3. The van der Waals surface area contributed by atoms with Crippen molar-refractivity contribution in [1.82, 2.24) is 24.7 Å². The van der Waals surface area contributed by atoms with Gasteiger partial charge in [-0.3, -0.25) is 9.59 Å². The van der Waals surface area contributed by atoms with Gasteiger partial charge in [0.15, 0.2) is 0 Å². The molecule has 9 heteroatoms. The van der Waals surface area contributed by atoms with E-state index in [0.29, 0.717) is 44.9 Å². The predicted molar refractivity (Wildman–Crippen MR) is 108 cm³/mol. The molecule has 2 aliphatic rings. The average Bonchev–Trinajstić information content (AvgIpc) is 2.97. The minimum atomic E-state index is -0.504. The fourth-order valence-electron chi connectivity index (χ4n) is 4.11. The van der Waals surface area contributed by atoms with E-state index >= 15 is 0 Å². The molecule has 160 valence electrons. The fraction of sp³-hybridized carbons (Fsp3) is 0.700. The van der Waals surface area contributed by atoms with Gasteiger partial charge in [-0.15, -0.1) is 0 Å². The number of hydrogen-bond donors (Lipinski definition) is 1. The van der Waals surface area contributed by atoms with Crippen molar-refractivity contribution in [1.29, 1.82) is 0 Å². The second-order valence-electron chi connectivity index (χ2n) is 8.57. The van der Waals surface area contributed by atoms with E-state index in [0.717, 1.165) is 25.7 Å². The molecule has 1 N–H and O–H groups in total. The van der Waals surface area contributed by atoms with Gasteiger partial charge in [0.25, 0.3) is 11.5 Å². The highest BCUT2D eigenvalue weighted by atomic mass is 16.6. The maximum absolute atomic E-state index is 12.5. The Balaban J connectivity index is 1.48. The number of H-pyrrole nitrogens is 1. The molecule has 1 spiro atoms. The molecule has 1 aromatic heterocycles. The summed E-state index contributed by atoms with van der Waals surface area (Å²) in [6, 6.07) is 0. The zero-order valence-corrected chi connectivity index (χ0v) is 17.5. The number of amides is 2. The molecule has 2 amide bonds. The SMILES string of the molecule is CC(C)CN(C)CCCN1CC2(CCN(C(=O)c3c[nH]c(=O)cn3)CC2)OC1=O. The van der Waals surface area contributed by atoms with Crippen molar-refractivity contribution in [2.75, 3.05) is 46.3 Å². The van der Waals surface area contributed by atoms with Crippen LogP contribution < -0.4 is 5.56 Å². The number of nitrogens with one attached hydrogen (secondary N) is 1. The summed E-state index contributed by atoms with van der Waals surface area (Å²) in [5.41, 5.74) is -0.625. The number of nitrogens with zero attached hydrogens (tertiary/aromatic N) is 4. The van der Waals surface area contributed by atoms with Crippen LogP contribution in [-0.2, 0) is 4.74 Å². The van der Waals surface area contributed by atoms with Gasteiger partial charge in [-0.2, -0.15) is 0 Å². The number of carbonyl (C=O) groups excluding carboxylic acids is 2. The third kappa shape index (κ3) is 5.35. The van der Waals surface area contributed by atoms with E-state index in [1.807, 2.05) is 0 Å². The number of likely N-dealkylation sites (tertiary alicyclic amines) is 1. The van der Waals surface area contributed by atoms with E-state index in [9.17, 15) is 14.4 Å². The number of carbonyl (C=O) groups is 2. The summed E-state index contributed by atoms with van der Waals surface area (Å²) >= 11 is 0. The van der Waals surface area contributed by atoms with E-state index in [2.05, 4.69) is 35.8 Å². The van der Waals surface area contributed by atoms with Gasteiger partial charge in [-0.05, 0) is 25.9 Å². The van der Waals surface area contributed by atoms with Crippen LogP contribution >= 0.6 is 0 Å². The Morgan fingerprint density at radius 1 is 1.34 bits per heavy atom. The number of hydrogen-bond acceptors (Lipinski definition) is 6. The molecule has 0 unspecified atom stereocenters. The first-order valence-electron chi connectivity index (χ1n) is 10.3. The molecule has 2 fully saturated rings. The first-order chi connectivity index (χ1) is 13.8. The van der Waals surface area contributed by atoms with E-state index in [-0.39, 0.29) is 23.3 Å². The molecule has 0 aromatic carbocycles. The lowest BCUT2D eigenvalue weighted by Crippen LogP contribution is -2.49. The van der Waals surface area contributed by atoms with E-state index < -0.39 is 5.60 Å². The molecule has 0 radical (unpaired) electrons. The quantitative estimate of drug-likeness (QED) is 0.731. The van der Waals surface area contributed by atoms with Gasteiger partial charge in [-0.1, -0.05) is 13.8 Å². The molecule has 0 atom stereocenters. The van der Waals surface area contributed by atoms with Crippen LogP contribution in [0.4, 0.5) is 4.79 Å². The topological polar surface area (TPSA) is 98.8 Å². The standard InChI is InChI=1S/C20H31N5O4/c1-15(2)13-23(3)7-4-8-25-14-20(29-19(25)28)5-9-24(10-6-20)18(27)16-11-22-17(26)12-21-16/h11-12,15H,4-10,13-14H2,1-3H3,(H,22,26). The van der Waals surface area contributed by atoms with Crippen molar-refractivity contribution in [2.24, 2.45) is 5.92 Å². The molecule has 1 aromatic rings. The molecule has 0 aliphatic carbocycles. The highest BCUT2D eigenvalue weighted by molar-refractivity contribution is 5.92. The van der Waals surface area contributed by atoms with Gasteiger partial charge in [-0.25, -0.2) is 9.78 Å². The van der Waals surface area contributed by atoms with Crippen molar-refractivity contribution in [3.63, 3.8) is 0 Å². The van der Waals surface area contributed by atoms with E-state index in [1.165, 1.54) is 6.20 Å². The van der Waals surface area contributed by atoms with Crippen molar-refractivity contribution in [2.45, 2.75) is 38.7 Å². The summed E-state index contributed by atoms with van der Waals surface area (Å²) in [6.07, 6.45) is 4.32. The summed E-state index contributed by atoms with van der Waals surface area (Å²) in [7, 11) is 2.10. The summed E-state index contributed by atoms with van der Waals surface area (Å²) in [5.74, 6) is 0.407. The highest BCUT2D eigenvalue weighted by Gasteiger charge is 2.47. The number of piperidine rings is 1. The second kappa shape index (κ2) is 8.94. The molecular weight excluding hydrogens is 374 g/mol. The maximum atomic E-state index is 12.5. The molecule has 0 saturated carbocycles. The van der Waals surface area contributed by atoms with Crippen LogP contribution in [0.5, 0.6) is 0 Å². The third-order valence-corrected chi connectivity index (χ3v) is 5.54. The van der Waals surface area contributed by atoms with Crippen LogP contribution in [0.1, 0.15) is 43.6 Å². The molecule has 3 rings (SSSR count). The lowest BCUT2D eigenvalue weighted by Gasteiger charge is -2.37. The Hall–Kier alpha value is -2.42. The Morgan fingerprint density at radius 3 is 2.69 bits per heavy atom. The maximum Gasteiger partial charge on any atom is 0.410 e. The van der Waals surface area contributed by atoms with Crippen LogP contribution in [0.3, 0.4) is 0 Å². The Bertz CT molecular complexity index is 765. The molecule has 2 aliphatic heterocycles. The largest absolute Gasteiger partial charge is 0.441 e. The van der Waals surface area contributed by atoms with Gasteiger partial charge in [0, 0.05) is 45.2 Å². The number of rotatable bonds is 7. The highest BCUT2D eigenvalue weighted by Crippen LogP contribution is 2.33. The molecule has 3 heterocycles. The summed E-state index contributed by atoms with van der Waals surface area (Å²) < 4.78 is 5.75. The first-order valence-corrected chi connectivity index (χ1v) is 10.3. The lowest BCUT2D eigenvalue weighted by atomic mass is 9.91. The third-order valence-electron chi connectivity index (χ3n) is 5.54. The Labute approximate surface area is 171 Å². The van der Waals surface area contributed by atoms with Gasteiger partial charge < -0.3 is 24.4 Å². The average molecular weight is 405 g/mol. The zero-order chi connectivity index (χ0) is 21.0. The second-order valence-corrected chi connectivity index (χ2v) is 8.57. The minimum absolute atomic E-state index is 0.217. The molecule has 9 nitrogen and oxygen atoms in total. The van der Waals surface area contributed by atoms with Gasteiger partial charge >= 0.3 is 6.09 Å². The molecular formula is C20H31N5O4. The number of aromatic nitrogens is 2. The summed E-state index contributed by atoms with van der Waals surface area (Å²) in [4.78, 5) is 48.1. The van der Waals surface area contributed by atoms with Crippen LogP contribution in [0.25, 0.3) is 0 Å². The van der Waals surface area contributed by atoms with Crippen LogP contribution in [0, 0.1) is 5.92 Å². The predicted octanol–water partition coefficient (Wildman–Crippen LogP) is 1.17. The molecule has 29 heavy (non-hydrogen) atoms. The number of aromatic amines is 1. The Kier molecular flexibility index (Phi) is 6.56. The fourth-order valence-corrected chi connectivity index (χ4v) is 4.11.